The number of hydrogen-bond donors (Lipinski definition) is 0. The van der Waals surface area contributed by atoms with E-state index in [0.717, 1.165) is 18.4 Å². The maximum Gasteiger partial charge on any atom is 0.340 e. The van der Waals surface area contributed by atoms with Crippen LogP contribution in [0, 0.1) is 0 Å². The Bertz CT molecular complexity index is 514. The summed E-state index contributed by atoms with van der Waals surface area (Å²) in [5.41, 5.74) is 1.44. The Morgan fingerprint density at radius 3 is 2.63 bits per heavy atom. The van der Waals surface area contributed by atoms with E-state index in [-0.39, 0.29) is 12.1 Å². The Balaban J connectivity index is 2.11. The predicted molar refractivity (Wildman–Crippen MR) is 71.5 cm³/mol. The minimum absolute atomic E-state index is 0.216. The molecule has 0 aliphatic rings. The molecule has 2 rings (SSSR count). The van der Waals surface area contributed by atoms with Crippen LogP contribution in [0.25, 0.3) is 0 Å². The monoisotopic (exact) mass is 256 g/mol. The fourth-order valence-corrected chi connectivity index (χ4v) is 1.83. The van der Waals surface area contributed by atoms with Gasteiger partial charge in [-0.25, -0.2) is 4.79 Å². The molecule has 0 aliphatic carbocycles. The molecule has 19 heavy (non-hydrogen) atoms. The summed E-state index contributed by atoms with van der Waals surface area (Å²) >= 11 is 0. The van der Waals surface area contributed by atoms with Crippen LogP contribution in [0.4, 0.5) is 0 Å². The number of carbonyl (C=O) groups excluding carboxylic acids is 1. The molecule has 0 bridgehead atoms. The lowest BCUT2D eigenvalue weighted by atomic mass is 10.1. The molecule has 1 aromatic heterocycles. The van der Waals surface area contributed by atoms with Crippen LogP contribution in [-0.2, 0) is 4.74 Å². The molecule has 0 saturated carbocycles. The largest absolute Gasteiger partial charge is 0.454 e. The van der Waals surface area contributed by atoms with Gasteiger partial charge in [0.05, 0.1) is 18.0 Å². The van der Waals surface area contributed by atoms with Gasteiger partial charge in [0.25, 0.3) is 0 Å². The van der Waals surface area contributed by atoms with Crippen molar-refractivity contribution in [3.63, 3.8) is 0 Å². The summed E-state index contributed by atoms with van der Waals surface area (Å²) in [5.74, 6) is -0.364. The van der Waals surface area contributed by atoms with Crippen molar-refractivity contribution >= 4 is 5.97 Å². The molecule has 0 aliphatic heterocycles. The topological polar surface area (TPSA) is 52.1 Å². The van der Waals surface area contributed by atoms with Gasteiger partial charge in [-0.15, -0.1) is 0 Å². The summed E-state index contributed by atoms with van der Waals surface area (Å²) in [6.07, 6.45) is 4.42. The van der Waals surface area contributed by atoms with Gasteiger partial charge >= 0.3 is 5.97 Å². The van der Waals surface area contributed by atoms with E-state index in [0.29, 0.717) is 5.56 Å². The SMILES string of the molecule is CCC[C@H](OC(=O)c1ccnnc1)c1ccccc1. The highest BCUT2D eigenvalue weighted by molar-refractivity contribution is 5.89. The average Bonchev–Trinajstić information content (AvgIpc) is 2.48. The van der Waals surface area contributed by atoms with E-state index in [1.54, 1.807) is 6.07 Å². The van der Waals surface area contributed by atoms with Crippen molar-refractivity contribution in [1.82, 2.24) is 10.2 Å². The Morgan fingerprint density at radius 2 is 2.00 bits per heavy atom. The summed E-state index contributed by atoms with van der Waals surface area (Å²) < 4.78 is 5.56. The third kappa shape index (κ3) is 3.61. The third-order valence-electron chi connectivity index (χ3n) is 2.79. The van der Waals surface area contributed by atoms with Crippen LogP contribution in [0.2, 0.25) is 0 Å². The third-order valence-corrected chi connectivity index (χ3v) is 2.79. The number of esters is 1. The highest BCUT2D eigenvalue weighted by Gasteiger charge is 2.17. The summed E-state index contributed by atoms with van der Waals surface area (Å²) in [5, 5.41) is 7.32. The Hall–Kier alpha value is -2.23. The summed E-state index contributed by atoms with van der Waals surface area (Å²) in [6.45, 7) is 2.07. The van der Waals surface area contributed by atoms with Crippen molar-refractivity contribution in [3.8, 4) is 0 Å². The number of nitrogens with zero attached hydrogens (tertiary/aromatic N) is 2. The minimum atomic E-state index is -0.364. The number of hydrogen-bond acceptors (Lipinski definition) is 4. The number of rotatable bonds is 5. The molecule has 4 nitrogen and oxygen atoms in total. The second-order valence-corrected chi connectivity index (χ2v) is 4.22. The van der Waals surface area contributed by atoms with Crippen molar-refractivity contribution in [2.45, 2.75) is 25.9 Å². The molecule has 1 atom stereocenters. The molecule has 2 aromatic rings. The number of aromatic nitrogens is 2. The molecule has 0 N–H and O–H groups in total. The fraction of sp³-hybridized carbons (Fsp3) is 0.267. The maximum absolute atomic E-state index is 12.0. The second kappa shape index (κ2) is 6.64. The molecule has 0 radical (unpaired) electrons. The normalized spacial score (nSPS) is 11.8. The van der Waals surface area contributed by atoms with Crippen LogP contribution < -0.4 is 0 Å². The molecular formula is C15H16N2O2. The lowest BCUT2D eigenvalue weighted by molar-refractivity contribution is 0.0274. The van der Waals surface area contributed by atoms with Gasteiger partial charge in [-0.2, -0.15) is 10.2 Å². The van der Waals surface area contributed by atoms with Crippen LogP contribution in [0.1, 0.15) is 41.8 Å². The molecule has 0 spiro atoms. The first kappa shape index (κ1) is 13.2. The molecule has 1 aromatic carbocycles. The van der Waals surface area contributed by atoms with Crippen LogP contribution in [0.5, 0.6) is 0 Å². The summed E-state index contributed by atoms with van der Waals surface area (Å²) in [6, 6.07) is 11.4. The first-order valence-corrected chi connectivity index (χ1v) is 6.34. The first-order valence-electron chi connectivity index (χ1n) is 6.34. The van der Waals surface area contributed by atoms with E-state index < -0.39 is 0 Å². The first-order chi connectivity index (χ1) is 9.31. The summed E-state index contributed by atoms with van der Waals surface area (Å²) in [4.78, 5) is 12.0. The van der Waals surface area contributed by atoms with Crippen molar-refractivity contribution in [2.24, 2.45) is 0 Å². The van der Waals surface area contributed by atoms with Gasteiger partial charge in [0, 0.05) is 0 Å². The average molecular weight is 256 g/mol. The lowest BCUT2D eigenvalue weighted by Crippen LogP contribution is -2.12. The van der Waals surface area contributed by atoms with Crippen LogP contribution in [0.15, 0.2) is 48.8 Å². The molecule has 4 heteroatoms. The molecule has 0 unspecified atom stereocenters. The van der Waals surface area contributed by atoms with Gasteiger partial charge in [-0.1, -0.05) is 43.7 Å². The fourth-order valence-electron chi connectivity index (χ4n) is 1.83. The highest BCUT2D eigenvalue weighted by Crippen LogP contribution is 2.23. The number of carbonyl (C=O) groups is 1. The van der Waals surface area contributed by atoms with Gasteiger partial charge in [0.15, 0.2) is 0 Å². The van der Waals surface area contributed by atoms with E-state index in [1.165, 1.54) is 12.4 Å². The highest BCUT2D eigenvalue weighted by atomic mass is 16.5. The van der Waals surface area contributed by atoms with E-state index in [1.807, 2.05) is 30.3 Å². The summed E-state index contributed by atoms with van der Waals surface area (Å²) in [7, 11) is 0. The van der Waals surface area contributed by atoms with E-state index >= 15 is 0 Å². The van der Waals surface area contributed by atoms with E-state index in [4.69, 9.17) is 4.74 Å². The molecule has 98 valence electrons. The lowest BCUT2D eigenvalue weighted by Gasteiger charge is -2.17. The zero-order valence-electron chi connectivity index (χ0n) is 10.8. The van der Waals surface area contributed by atoms with Crippen LogP contribution in [0.3, 0.4) is 0 Å². The van der Waals surface area contributed by atoms with Crippen molar-refractivity contribution in [3.05, 3.63) is 59.9 Å². The van der Waals surface area contributed by atoms with Crippen LogP contribution in [-0.4, -0.2) is 16.2 Å². The maximum atomic E-state index is 12.0. The van der Waals surface area contributed by atoms with Crippen molar-refractivity contribution in [2.75, 3.05) is 0 Å². The standard InChI is InChI=1S/C15H16N2O2/c1-2-6-14(12-7-4-3-5-8-12)19-15(18)13-9-10-16-17-11-13/h3-5,7-11,14H,2,6H2,1H3/t14-/m0/s1. The van der Waals surface area contributed by atoms with Gasteiger partial charge in [0.2, 0.25) is 0 Å². The molecular weight excluding hydrogens is 240 g/mol. The molecule has 0 saturated heterocycles. The predicted octanol–water partition coefficient (Wildman–Crippen LogP) is 3.17. The quantitative estimate of drug-likeness (QED) is 0.771. The molecule has 0 amide bonds. The van der Waals surface area contributed by atoms with Gasteiger partial charge < -0.3 is 4.74 Å². The van der Waals surface area contributed by atoms with Crippen molar-refractivity contribution in [1.29, 1.82) is 0 Å². The van der Waals surface area contributed by atoms with Crippen molar-refractivity contribution < 1.29 is 9.53 Å². The zero-order valence-corrected chi connectivity index (χ0v) is 10.8. The smallest absolute Gasteiger partial charge is 0.340 e. The van der Waals surface area contributed by atoms with Gasteiger partial charge in [-0.3, -0.25) is 0 Å². The Labute approximate surface area is 112 Å². The number of benzene rings is 1. The Morgan fingerprint density at radius 1 is 1.21 bits per heavy atom. The van der Waals surface area contributed by atoms with E-state index in [9.17, 15) is 4.79 Å². The molecule has 0 fully saturated rings. The van der Waals surface area contributed by atoms with Crippen LogP contribution >= 0.6 is 0 Å². The number of ether oxygens (including phenoxy) is 1. The zero-order chi connectivity index (χ0) is 13.5. The van der Waals surface area contributed by atoms with E-state index in [2.05, 4.69) is 17.1 Å². The second-order valence-electron chi connectivity index (χ2n) is 4.22. The minimum Gasteiger partial charge on any atom is -0.454 e. The Kier molecular flexibility index (Phi) is 4.61. The van der Waals surface area contributed by atoms with Gasteiger partial charge in [-0.05, 0) is 18.1 Å². The van der Waals surface area contributed by atoms with Gasteiger partial charge in [0.1, 0.15) is 6.10 Å². The molecule has 1 heterocycles.